The van der Waals surface area contributed by atoms with Crippen molar-refractivity contribution in [2.75, 3.05) is 5.75 Å². The second-order valence-corrected chi connectivity index (χ2v) is 8.45. The Hall–Kier alpha value is -1.23. The fourth-order valence-electron chi connectivity index (χ4n) is 2.31. The van der Waals surface area contributed by atoms with Crippen LogP contribution in [-0.2, 0) is 4.79 Å². The fraction of sp³-hybridized carbons (Fsp3) is 0.105. The van der Waals surface area contributed by atoms with E-state index < -0.39 is 0 Å². The van der Waals surface area contributed by atoms with Gasteiger partial charge in [0.25, 0.3) is 0 Å². The summed E-state index contributed by atoms with van der Waals surface area (Å²) in [6, 6.07) is 18.0. The van der Waals surface area contributed by atoms with Crippen molar-refractivity contribution in [2.24, 2.45) is 0 Å². The molecule has 1 heterocycles. The molecule has 2 aromatic carbocycles. The Balaban J connectivity index is 1.98. The van der Waals surface area contributed by atoms with Crippen LogP contribution in [0.4, 0.5) is 0 Å². The Morgan fingerprint density at radius 2 is 1.78 bits per heavy atom. The minimum Gasteiger partial charge on any atom is -0.288 e. The largest absolute Gasteiger partial charge is 0.288 e. The van der Waals surface area contributed by atoms with Crippen molar-refractivity contribution in [3.05, 3.63) is 79.3 Å². The van der Waals surface area contributed by atoms with Crippen molar-refractivity contribution in [1.82, 2.24) is 0 Å². The monoisotopic (exact) mass is 402 g/mol. The topological polar surface area (TPSA) is 17.1 Å². The molecular formula is C19H15BrOS2. The first-order chi connectivity index (χ1) is 11.2. The van der Waals surface area contributed by atoms with Gasteiger partial charge in [0.2, 0.25) is 5.78 Å². The van der Waals surface area contributed by atoms with Gasteiger partial charge in [-0.15, -0.1) is 11.8 Å². The number of carbonyl (C=O) groups is 1. The van der Waals surface area contributed by atoms with E-state index in [0.29, 0.717) is 0 Å². The molecule has 0 saturated heterocycles. The van der Waals surface area contributed by atoms with Crippen molar-refractivity contribution in [3.63, 3.8) is 0 Å². The van der Waals surface area contributed by atoms with Crippen LogP contribution in [0, 0.1) is 0 Å². The number of hydrogen-bond acceptors (Lipinski definition) is 3. The maximum atomic E-state index is 12.9. The van der Waals surface area contributed by atoms with Gasteiger partial charge < -0.3 is 0 Å². The number of allylic oxidation sites excluding steroid dienone is 2. The molecule has 0 atom stereocenters. The summed E-state index contributed by atoms with van der Waals surface area (Å²) in [5, 5.41) is 0. The van der Waals surface area contributed by atoms with Gasteiger partial charge in [0.05, 0.1) is 14.7 Å². The molecule has 0 aliphatic carbocycles. The molecule has 1 aliphatic heterocycles. The lowest BCUT2D eigenvalue weighted by Crippen LogP contribution is -1.98. The molecule has 0 fully saturated rings. The number of rotatable bonds is 4. The molecule has 23 heavy (non-hydrogen) atoms. The number of carbonyl (C=O) groups excluding carboxylic acids is 1. The molecule has 0 saturated carbocycles. The zero-order valence-electron chi connectivity index (χ0n) is 12.6. The molecule has 1 aliphatic rings. The van der Waals surface area contributed by atoms with E-state index in [-0.39, 0.29) is 5.78 Å². The third-order valence-electron chi connectivity index (χ3n) is 3.36. The van der Waals surface area contributed by atoms with Crippen molar-refractivity contribution in [2.45, 2.75) is 6.92 Å². The van der Waals surface area contributed by atoms with Gasteiger partial charge in [-0.2, -0.15) is 0 Å². The molecule has 116 valence electrons. The van der Waals surface area contributed by atoms with Gasteiger partial charge in [-0.25, -0.2) is 0 Å². The fourth-order valence-corrected chi connectivity index (χ4v) is 4.95. The van der Waals surface area contributed by atoms with Gasteiger partial charge >= 0.3 is 0 Å². The lowest BCUT2D eigenvalue weighted by molar-refractivity contribution is -0.109. The average molecular weight is 403 g/mol. The van der Waals surface area contributed by atoms with Crippen LogP contribution < -0.4 is 0 Å². The minimum absolute atomic E-state index is 0.122. The van der Waals surface area contributed by atoms with Gasteiger partial charge in [-0.1, -0.05) is 77.1 Å². The molecule has 4 heteroatoms. The van der Waals surface area contributed by atoms with E-state index >= 15 is 0 Å². The first-order valence-electron chi connectivity index (χ1n) is 7.31. The molecule has 0 bridgehead atoms. The summed E-state index contributed by atoms with van der Waals surface area (Å²) >= 11 is 6.77. The summed E-state index contributed by atoms with van der Waals surface area (Å²) in [6.45, 7) is 2.11. The summed E-state index contributed by atoms with van der Waals surface area (Å²) in [6.07, 6.45) is 1.98. The highest BCUT2D eigenvalue weighted by atomic mass is 79.9. The van der Waals surface area contributed by atoms with Crippen LogP contribution in [0.2, 0.25) is 0 Å². The van der Waals surface area contributed by atoms with Gasteiger partial charge in [-0.05, 0) is 35.1 Å². The van der Waals surface area contributed by atoms with Crippen LogP contribution >= 0.6 is 39.5 Å². The molecule has 0 unspecified atom stereocenters. The van der Waals surface area contributed by atoms with Gasteiger partial charge in [0.15, 0.2) is 0 Å². The molecule has 2 aromatic rings. The van der Waals surface area contributed by atoms with E-state index in [2.05, 4.69) is 22.9 Å². The molecule has 3 rings (SSSR count). The summed E-state index contributed by atoms with van der Waals surface area (Å²) in [7, 11) is 0. The van der Waals surface area contributed by atoms with Gasteiger partial charge in [0.1, 0.15) is 0 Å². The summed E-state index contributed by atoms with van der Waals surface area (Å²) in [5.74, 6) is 1.07. The van der Waals surface area contributed by atoms with E-state index in [1.54, 1.807) is 23.5 Å². The van der Waals surface area contributed by atoms with Crippen molar-refractivity contribution in [1.29, 1.82) is 0 Å². The van der Waals surface area contributed by atoms with Gasteiger partial charge in [-0.3, -0.25) is 4.79 Å². The molecule has 0 aromatic heterocycles. The number of Topliss-reactive ketones (excluding diaryl/α,β-unsaturated/α-hetero) is 1. The molecule has 0 spiro atoms. The van der Waals surface area contributed by atoms with E-state index in [1.165, 1.54) is 0 Å². The maximum absolute atomic E-state index is 12.9. The van der Waals surface area contributed by atoms with Crippen molar-refractivity contribution < 1.29 is 4.79 Å². The molecule has 0 amide bonds. The first kappa shape index (κ1) is 16.6. The quantitative estimate of drug-likeness (QED) is 0.564. The Morgan fingerprint density at radius 1 is 1.09 bits per heavy atom. The molecule has 1 nitrogen and oxygen atoms in total. The SMILES string of the molecule is CCSC1=C(c2ccc(Br)cc2)C(=O)/C(=C/c2ccccc2)S1. The maximum Gasteiger partial charge on any atom is 0.202 e. The highest BCUT2D eigenvalue weighted by molar-refractivity contribution is 9.10. The minimum atomic E-state index is 0.122. The highest BCUT2D eigenvalue weighted by Gasteiger charge is 2.30. The second kappa shape index (κ2) is 7.56. The second-order valence-electron chi connectivity index (χ2n) is 4.95. The van der Waals surface area contributed by atoms with E-state index in [4.69, 9.17) is 0 Å². The number of halogens is 1. The summed E-state index contributed by atoms with van der Waals surface area (Å²) in [5.41, 5.74) is 2.87. The zero-order valence-corrected chi connectivity index (χ0v) is 15.8. The normalized spacial score (nSPS) is 16.4. The van der Waals surface area contributed by atoms with Crippen LogP contribution in [0.15, 0.2) is 68.2 Å². The third kappa shape index (κ3) is 3.82. The zero-order chi connectivity index (χ0) is 16.2. The number of benzene rings is 2. The highest BCUT2D eigenvalue weighted by Crippen LogP contribution is 2.48. The molecule has 0 N–H and O–H groups in total. The predicted molar refractivity (Wildman–Crippen MR) is 106 cm³/mol. The predicted octanol–water partition coefficient (Wildman–Crippen LogP) is 6.23. The average Bonchev–Trinajstić information content (AvgIpc) is 2.86. The first-order valence-corrected chi connectivity index (χ1v) is 9.91. The Labute approximate surface area is 153 Å². The smallest absolute Gasteiger partial charge is 0.202 e. The lowest BCUT2D eigenvalue weighted by Gasteiger charge is -2.04. The Kier molecular flexibility index (Phi) is 5.46. The molecular weight excluding hydrogens is 388 g/mol. The summed E-state index contributed by atoms with van der Waals surface area (Å²) < 4.78 is 2.12. The van der Waals surface area contributed by atoms with E-state index in [1.807, 2.05) is 60.7 Å². The van der Waals surface area contributed by atoms with Gasteiger partial charge in [0, 0.05) is 4.47 Å². The van der Waals surface area contributed by atoms with Crippen LogP contribution in [0.3, 0.4) is 0 Å². The summed E-state index contributed by atoms with van der Waals surface area (Å²) in [4.78, 5) is 13.7. The Morgan fingerprint density at radius 3 is 2.43 bits per heavy atom. The third-order valence-corrected chi connectivity index (χ3v) is 6.16. The van der Waals surface area contributed by atoms with Crippen LogP contribution in [-0.4, -0.2) is 11.5 Å². The van der Waals surface area contributed by atoms with Crippen LogP contribution in [0.5, 0.6) is 0 Å². The Bertz CT molecular complexity index is 777. The van der Waals surface area contributed by atoms with Crippen LogP contribution in [0.25, 0.3) is 11.6 Å². The number of thioether (sulfide) groups is 2. The standard InChI is InChI=1S/C19H15BrOS2/c1-2-22-19-17(14-8-10-15(20)11-9-14)18(21)16(23-19)12-13-6-4-3-5-7-13/h3-12H,2H2,1H3/b16-12-. The van der Waals surface area contributed by atoms with Crippen molar-refractivity contribution >= 4 is 56.9 Å². The number of hydrogen-bond donors (Lipinski definition) is 0. The van der Waals surface area contributed by atoms with Crippen molar-refractivity contribution in [3.8, 4) is 0 Å². The van der Waals surface area contributed by atoms with Crippen LogP contribution in [0.1, 0.15) is 18.1 Å². The molecule has 0 radical (unpaired) electrons. The lowest BCUT2D eigenvalue weighted by atomic mass is 10.0. The van der Waals surface area contributed by atoms with E-state index in [9.17, 15) is 4.79 Å². The number of ketones is 1. The van der Waals surface area contributed by atoms with E-state index in [0.717, 1.165) is 36.1 Å².